The molecule has 4 heteroatoms. The first kappa shape index (κ1) is 17.2. The van der Waals surface area contributed by atoms with Gasteiger partial charge in [-0.05, 0) is 38.1 Å². The molecule has 3 aromatic rings. The van der Waals surface area contributed by atoms with Gasteiger partial charge in [-0.15, -0.1) is 0 Å². The Morgan fingerprint density at radius 2 is 1.78 bits per heavy atom. The van der Waals surface area contributed by atoms with Crippen LogP contribution in [0.5, 0.6) is 0 Å². The fourth-order valence-corrected chi connectivity index (χ4v) is 2.58. The first-order valence-corrected chi connectivity index (χ1v) is 7.38. The largest absolute Gasteiger partial charge is 1.00 e. The van der Waals surface area contributed by atoms with Crippen LogP contribution in [-0.4, -0.2) is 12.6 Å². The Balaban J connectivity index is 0.00000192. The maximum absolute atomic E-state index is 12.2. The number of halogens is 1. The number of benzene rings is 1. The first-order valence-electron chi connectivity index (χ1n) is 7.38. The molecule has 0 amide bonds. The second kappa shape index (κ2) is 7.38. The maximum atomic E-state index is 12.2. The maximum Gasteiger partial charge on any atom is 0.344 e. The average Bonchev–Trinajstić information content (AvgIpc) is 2.54. The van der Waals surface area contributed by atoms with Crippen LogP contribution in [0.15, 0.2) is 60.8 Å². The van der Waals surface area contributed by atoms with Crippen molar-refractivity contribution in [1.29, 1.82) is 0 Å². The molecule has 0 aliphatic heterocycles. The Morgan fingerprint density at radius 1 is 1.04 bits per heavy atom. The molecule has 0 radical (unpaired) electrons. The van der Waals surface area contributed by atoms with Gasteiger partial charge in [0.25, 0.3) is 0 Å². The first-order chi connectivity index (χ1) is 10.7. The van der Waals surface area contributed by atoms with E-state index in [2.05, 4.69) is 16.5 Å². The molecule has 0 N–H and O–H groups in total. The molecule has 1 aromatic carbocycles. The number of pyridine rings is 2. The van der Waals surface area contributed by atoms with Gasteiger partial charge >= 0.3 is 5.97 Å². The number of carbonyl (C=O) groups excluding carboxylic acids is 1. The van der Waals surface area contributed by atoms with Gasteiger partial charge in [0.2, 0.25) is 11.2 Å². The van der Waals surface area contributed by atoms with E-state index in [1.807, 2.05) is 62.5 Å². The van der Waals surface area contributed by atoms with Crippen LogP contribution in [0.3, 0.4) is 0 Å². The number of aromatic nitrogens is 1. The molecule has 3 rings (SSSR count). The summed E-state index contributed by atoms with van der Waals surface area (Å²) in [7, 11) is 0. The van der Waals surface area contributed by atoms with Crippen molar-refractivity contribution < 1.29 is 30.9 Å². The highest BCUT2D eigenvalue weighted by Crippen LogP contribution is 2.19. The number of aryl methyl sites for hydroxylation is 1. The third-order valence-electron chi connectivity index (χ3n) is 3.60. The minimum Gasteiger partial charge on any atom is -1.00 e. The molecule has 0 atom stereocenters. The van der Waals surface area contributed by atoms with Crippen LogP contribution in [0.2, 0.25) is 0 Å². The number of rotatable bonds is 3. The molecule has 2 heterocycles. The Kier molecular flexibility index (Phi) is 5.50. The van der Waals surface area contributed by atoms with E-state index in [0.29, 0.717) is 12.2 Å². The fraction of sp³-hybridized carbons (Fsp3) is 0.158. The van der Waals surface area contributed by atoms with Gasteiger partial charge in [0.15, 0.2) is 6.20 Å². The summed E-state index contributed by atoms with van der Waals surface area (Å²) < 4.78 is 7.21. The van der Waals surface area contributed by atoms with E-state index < -0.39 is 0 Å². The lowest BCUT2D eigenvalue weighted by atomic mass is 10.1. The Morgan fingerprint density at radius 3 is 2.48 bits per heavy atom. The van der Waals surface area contributed by atoms with Gasteiger partial charge in [0.05, 0.1) is 6.61 Å². The van der Waals surface area contributed by atoms with E-state index in [1.54, 1.807) is 0 Å². The number of hydrogen-bond donors (Lipinski definition) is 0. The monoisotopic (exact) mass is 371 g/mol. The van der Waals surface area contributed by atoms with Crippen LogP contribution in [0.25, 0.3) is 16.8 Å². The molecular weight excluding hydrogens is 354 g/mol. The SMILES string of the molecule is CCOC(=O)c1ccc(-c2ccccc2)[n+]2cc(C)ccc12.[Br-]. The van der Waals surface area contributed by atoms with Gasteiger partial charge in [-0.3, -0.25) is 0 Å². The van der Waals surface area contributed by atoms with Crippen LogP contribution in [0.4, 0.5) is 0 Å². The molecule has 0 aliphatic carbocycles. The Labute approximate surface area is 146 Å². The predicted molar refractivity (Wildman–Crippen MR) is 85.7 cm³/mol. The van der Waals surface area contributed by atoms with Crippen molar-refractivity contribution in [1.82, 2.24) is 0 Å². The smallest absolute Gasteiger partial charge is 0.344 e. The van der Waals surface area contributed by atoms with E-state index in [-0.39, 0.29) is 23.0 Å². The van der Waals surface area contributed by atoms with Crippen molar-refractivity contribution in [3.63, 3.8) is 0 Å². The standard InChI is InChI=1S/C19H18NO2.BrH/c1-3-22-19(21)16-10-12-17(15-7-5-4-6-8-15)20-13-14(2)9-11-18(16)20;/h4-13H,3H2,1-2H3;1H/q+1;/p-1. The van der Waals surface area contributed by atoms with E-state index >= 15 is 0 Å². The zero-order chi connectivity index (χ0) is 15.5. The lowest BCUT2D eigenvalue weighted by Gasteiger charge is -2.06. The molecule has 0 aliphatic rings. The van der Waals surface area contributed by atoms with Crippen LogP contribution in [-0.2, 0) is 4.74 Å². The number of carbonyl (C=O) groups is 1. The van der Waals surface area contributed by atoms with Gasteiger partial charge in [0, 0.05) is 23.3 Å². The van der Waals surface area contributed by atoms with Crippen molar-refractivity contribution in [2.45, 2.75) is 13.8 Å². The highest BCUT2D eigenvalue weighted by Gasteiger charge is 2.21. The number of ether oxygens (including phenoxy) is 1. The van der Waals surface area contributed by atoms with E-state index in [9.17, 15) is 4.79 Å². The third kappa shape index (κ3) is 3.42. The van der Waals surface area contributed by atoms with Crippen LogP contribution in [0.1, 0.15) is 22.8 Å². The molecule has 2 aromatic heterocycles. The summed E-state index contributed by atoms with van der Waals surface area (Å²) in [6.07, 6.45) is 2.04. The summed E-state index contributed by atoms with van der Waals surface area (Å²) in [6.45, 7) is 4.23. The molecule has 3 nitrogen and oxygen atoms in total. The van der Waals surface area contributed by atoms with Gasteiger partial charge in [-0.25, -0.2) is 4.79 Å². The fourth-order valence-electron chi connectivity index (χ4n) is 2.58. The van der Waals surface area contributed by atoms with Gasteiger partial charge in [0.1, 0.15) is 5.56 Å². The number of nitrogens with zero attached hydrogens (tertiary/aromatic N) is 1. The number of fused-ring (bicyclic) bond motifs is 1. The summed E-state index contributed by atoms with van der Waals surface area (Å²) in [5, 5.41) is 0. The highest BCUT2D eigenvalue weighted by molar-refractivity contribution is 5.96. The van der Waals surface area contributed by atoms with Crippen molar-refractivity contribution in [2.24, 2.45) is 0 Å². The summed E-state index contributed by atoms with van der Waals surface area (Å²) >= 11 is 0. The predicted octanol–water partition coefficient (Wildman–Crippen LogP) is 0.581. The zero-order valence-electron chi connectivity index (χ0n) is 13.1. The lowest BCUT2D eigenvalue weighted by molar-refractivity contribution is -0.500. The van der Waals surface area contributed by atoms with E-state index in [1.165, 1.54) is 0 Å². The minimum atomic E-state index is -0.288. The zero-order valence-corrected chi connectivity index (χ0v) is 14.7. The lowest BCUT2D eigenvalue weighted by Crippen LogP contribution is -3.00. The van der Waals surface area contributed by atoms with Crippen molar-refractivity contribution in [3.05, 3.63) is 71.9 Å². The molecule has 0 saturated carbocycles. The topological polar surface area (TPSA) is 30.4 Å². The van der Waals surface area contributed by atoms with Crippen LogP contribution >= 0.6 is 0 Å². The molecule has 0 fully saturated rings. The molecular formula is C19H18BrNO2. The molecule has 0 saturated heterocycles. The molecule has 23 heavy (non-hydrogen) atoms. The van der Waals surface area contributed by atoms with Crippen LogP contribution in [0, 0.1) is 6.92 Å². The second-order valence-electron chi connectivity index (χ2n) is 5.18. The Hall–Kier alpha value is -2.20. The summed E-state index contributed by atoms with van der Waals surface area (Å²) in [5.74, 6) is -0.288. The van der Waals surface area contributed by atoms with Crippen molar-refractivity contribution in [3.8, 4) is 11.3 Å². The van der Waals surface area contributed by atoms with E-state index in [4.69, 9.17) is 4.74 Å². The van der Waals surface area contributed by atoms with Crippen LogP contribution < -0.4 is 21.4 Å². The van der Waals surface area contributed by atoms with Crippen molar-refractivity contribution in [2.75, 3.05) is 6.61 Å². The third-order valence-corrected chi connectivity index (χ3v) is 3.60. The van der Waals surface area contributed by atoms with Crippen molar-refractivity contribution >= 4 is 11.5 Å². The second-order valence-corrected chi connectivity index (χ2v) is 5.18. The van der Waals surface area contributed by atoms with E-state index in [0.717, 1.165) is 22.3 Å². The summed E-state index contributed by atoms with van der Waals surface area (Å²) in [5.41, 5.74) is 4.73. The number of hydrogen-bond acceptors (Lipinski definition) is 2. The quantitative estimate of drug-likeness (QED) is 0.498. The number of esters is 1. The summed E-state index contributed by atoms with van der Waals surface area (Å²) in [6, 6.07) is 17.9. The van der Waals surface area contributed by atoms with Gasteiger partial charge in [-0.2, -0.15) is 4.40 Å². The highest BCUT2D eigenvalue weighted by atomic mass is 79.9. The normalized spacial score (nSPS) is 10.2. The molecule has 0 unspecified atom stereocenters. The Bertz CT molecular complexity index is 831. The summed E-state index contributed by atoms with van der Waals surface area (Å²) in [4.78, 5) is 12.2. The molecule has 0 spiro atoms. The molecule has 118 valence electrons. The van der Waals surface area contributed by atoms with Gasteiger partial charge < -0.3 is 21.7 Å². The molecule has 0 bridgehead atoms. The minimum absolute atomic E-state index is 0. The average molecular weight is 372 g/mol. The van der Waals surface area contributed by atoms with Gasteiger partial charge in [-0.1, -0.05) is 18.2 Å².